The monoisotopic (exact) mass is 415 g/mol. The molecule has 0 saturated carbocycles. The Hall–Kier alpha value is -2.38. The van der Waals surface area contributed by atoms with Gasteiger partial charge in [0.2, 0.25) is 10.0 Å². The Morgan fingerprint density at radius 1 is 1.00 bits per heavy atom. The third kappa shape index (κ3) is 6.30. The summed E-state index contributed by atoms with van der Waals surface area (Å²) in [5, 5.41) is 0. The number of sulfonamides is 1. The summed E-state index contributed by atoms with van der Waals surface area (Å²) in [5.74, 6) is 0.0114. The molecule has 1 N–H and O–H groups in total. The number of nitrogens with one attached hydrogen (secondary N) is 1. The normalized spacial score (nSPS) is 15.7. The third-order valence-electron chi connectivity index (χ3n) is 4.98. The Morgan fingerprint density at radius 3 is 2.55 bits per heavy atom. The highest BCUT2D eigenvalue weighted by Crippen LogP contribution is 2.16. The topological polar surface area (TPSA) is 69.7 Å². The Bertz CT molecular complexity index is 916. The summed E-state index contributed by atoms with van der Waals surface area (Å²) in [6, 6.07) is 17.1. The molecule has 0 aliphatic carbocycles. The zero-order valence-corrected chi connectivity index (χ0v) is 17.7. The molecule has 1 saturated heterocycles. The lowest BCUT2D eigenvalue weighted by Crippen LogP contribution is -2.35. The standard InChI is InChI=1S/C22H29N3O3S/c1-2-16-29(27,28)23-21-11-6-10-20(17-21)22(26)25-13-7-12-24(14-15-25)18-19-8-4-3-5-9-19/h3-6,8-11,17,23H,2,7,12-16,18H2,1H3. The molecule has 6 nitrogen and oxygen atoms in total. The van der Waals surface area contributed by atoms with Crippen LogP contribution in [0, 0.1) is 0 Å². The minimum atomic E-state index is -3.38. The molecule has 1 aliphatic rings. The number of hydrogen-bond acceptors (Lipinski definition) is 4. The summed E-state index contributed by atoms with van der Waals surface area (Å²) in [7, 11) is -3.38. The van der Waals surface area contributed by atoms with Crippen LogP contribution in [0.5, 0.6) is 0 Å². The average Bonchev–Trinajstić information content (AvgIpc) is 2.93. The lowest BCUT2D eigenvalue weighted by atomic mass is 10.1. The Kier molecular flexibility index (Phi) is 7.28. The fourth-order valence-corrected chi connectivity index (χ4v) is 4.70. The van der Waals surface area contributed by atoms with E-state index in [1.54, 1.807) is 24.3 Å². The number of amides is 1. The summed E-state index contributed by atoms with van der Waals surface area (Å²) in [6.07, 6.45) is 1.46. The second-order valence-corrected chi connectivity index (χ2v) is 9.25. The SMILES string of the molecule is CCCS(=O)(=O)Nc1cccc(C(=O)N2CCCN(Cc3ccccc3)CC2)c1. The van der Waals surface area contributed by atoms with Gasteiger partial charge in [0, 0.05) is 44.0 Å². The van der Waals surface area contributed by atoms with Crippen molar-refractivity contribution in [3.8, 4) is 0 Å². The molecular formula is C22H29N3O3S. The van der Waals surface area contributed by atoms with Crippen molar-refractivity contribution in [3.05, 3.63) is 65.7 Å². The van der Waals surface area contributed by atoms with E-state index in [2.05, 4.69) is 21.8 Å². The van der Waals surface area contributed by atoms with Crippen molar-refractivity contribution in [3.63, 3.8) is 0 Å². The first-order chi connectivity index (χ1) is 14.0. The predicted octanol–water partition coefficient (Wildman–Crippen LogP) is 3.19. The van der Waals surface area contributed by atoms with Gasteiger partial charge in [0.1, 0.15) is 0 Å². The number of hydrogen-bond donors (Lipinski definition) is 1. The lowest BCUT2D eigenvalue weighted by molar-refractivity contribution is 0.0761. The number of benzene rings is 2. The summed E-state index contributed by atoms with van der Waals surface area (Å²) < 4.78 is 26.6. The highest BCUT2D eigenvalue weighted by atomic mass is 32.2. The van der Waals surface area contributed by atoms with Crippen LogP contribution in [0.2, 0.25) is 0 Å². The number of anilines is 1. The second-order valence-electron chi connectivity index (χ2n) is 7.41. The molecular weight excluding hydrogens is 386 g/mol. The van der Waals surface area contributed by atoms with E-state index in [0.29, 0.717) is 30.8 Å². The van der Waals surface area contributed by atoms with Gasteiger partial charge in [0.05, 0.1) is 5.75 Å². The van der Waals surface area contributed by atoms with E-state index in [1.807, 2.05) is 30.0 Å². The molecule has 1 fully saturated rings. The van der Waals surface area contributed by atoms with Crippen LogP contribution in [0.3, 0.4) is 0 Å². The van der Waals surface area contributed by atoms with Crippen molar-refractivity contribution < 1.29 is 13.2 Å². The largest absolute Gasteiger partial charge is 0.337 e. The third-order valence-corrected chi connectivity index (χ3v) is 6.47. The first-order valence-corrected chi connectivity index (χ1v) is 11.8. The van der Waals surface area contributed by atoms with Gasteiger partial charge in [-0.2, -0.15) is 0 Å². The van der Waals surface area contributed by atoms with Crippen molar-refractivity contribution in [1.82, 2.24) is 9.80 Å². The molecule has 1 amide bonds. The minimum Gasteiger partial charge on any atom is -0.337 e. The van der Waals surface area contributed by atoms with Gasteiger partial charge in [0.15, 0.2) is 0 Å². The van der Waals surface area contributed by atoms with E-state index in [0.717, 1.165) is 26.1 Å². The predicted molar refractivity (Wildman–Crippen MR) is 116 cm³/mol. The van der Waals surface area contributed by atoms with E-state index >= 15 is 0 Å². The quantitative estimate of drug-likeness (QED) is 0.754. The molecule has 1 aliphatic heterocycles. The highest BCUT2D eigenvalue weighted by Gasteiger charge is 2.21. The van der Waals surface area contributed by atoms with Crippen LogP contribution >= 0.6 is 0 Å². The molecule has 3 rings (SSSR count). The molecule has 7 heteroatoms. The summed E-state index contributed by atoms with van der Waals surface area (Å²) in [4.78, 5) is 17.2. The van der Waals surface area contributed by atoms with Gasteiger partial charge < -0.3 is 4.90 Å². The summed E-state index contributed by atoms with van der Waals surface area (Å²) in [6.45, 7) is 5.85. The second kappa shape index (κ2) is 9.89. The molecule has 0 atom stereocenters. The molecule has 0 unspecified atom stereocenters. The van der Waals surface area contributed by atoms with Crippen LogP contribution in [0.15, 0.2) is 54.6 Å². The molecule has 2 aromatic carbocycles. The van der Waals surface area contributed by atoms with Crippen molar-refractivity contribution >= 4 is 21.6 Å². The maximum Gasteiger partial charge on any atom is 0.253 e. The van der Waals surface area contributed by atoms with Gasteiger partial charge in [-0.05, 0) is 36.6 Å². The fourth-order valence-electron chi connectivity index (χ4n) is 3.57. The molecule has 1 heterocycles. The van der Waals surface area contributed by atoms with Crippen molar-refractivity contribution in [2.45, 2.75) is 26.3 Å². The molecule has 0 spiro atoms. The van der Waals surface area contributed by atoms with Gasteiger partial charge in [-0.15, -0.1) is 0 Å². The summed E-state index contributed by atoms with van der Waals surface area (Å²) in [5.41, 5.74) is 2.22. The maximum atomic E-state index is 13.0. The van der Waals surface area contributed by atoms with E-state index in [9.17, 15) is 13.2 Å². The molecule has 0 radical (unpaired) electrons. The van der Waals surface area contributed by atoms with Crippen LogP contribution in [0.25, 0.3) is 0 Å². The number of carbonyl (C=O) groups is 1. The lowest BCUT2D eigenvalue weighted by Gasteiger charge is -2.22. The van der Waals surface area contributed by atoms with Gasteiger partial charge in [0.25, 0.3) is 5.91 Å². The molecule has 0 bridgehead atoms. The maximum absolute atomic E-state index is 13.0. The highest BCUT2D eigenvalue weighted by molar-refractivity contribution is 7.92. The van der Waals surface area contributed by atoms with Crippen molar-refractivity contribution in [2.24, 2.45) is 0 Å². The van der Waals surface area contributed by atoms with Gasteiger partial charge in [-0.25, -0.2) is 8.42 Å². The number of nitrogens with zero attached hydrogens (tertiary/aromatic N) is 2. The Morgan fingerprint density at radius 2 is 1.79 bits per heavy atom. The zero-order chi connectivity index (χ0) is 20.7. The van der Waals surface area contributed by atoms with Crippen LogP contribution in [-0.4, -0.2) is 56.1 Å². The van der Waals surface area contributed by atoms with E-state index < -0.39 is 10.0 Å². The van der Waals surface area contributed by atoms with Gasteiger partial charge >= 0.3 is 0 Å². The van der Waals surface area contributed by atoms with Crippen molar-refractivity contribution in [1.29, 1.82) is 0 Å². The van der Waals surface area contributed by atoms with Gasteiger partial charge in [-0.1, -0.05) is 43.3 Å². The van der Waals surface area contributed by atoms with Crippen LogP contribution in [-0.2, 0) is 16.6 Å². The molecule has 156 valence electrons. The van der Waals surface area contributed by atoms with Crippen molar-refractivity contribution in [2.75, 3.05) is 36.7 Å². The summed E-state index contributed by atoms with van der Waals surface area (Å²) >= 11 is 0. The fraction of sp³-hybridized carbons (Fsp3) is 0.409. The zero-order valence-electron chi connectivity index (χ0n) is 16.9. The smallest absolute Gasteiger partial charge is 0.253 e. The van der Waals surface area contributed by atoms with Crippen LogP contribution < -0.4 is 4.72 Å². The molecule has 2 aromatic rings. The van der Waals surface area contributed by atoms with Crippen LogP contribution in [0.1, 0.15) is 35.7 Å². The first-order valence-electron chi connectivity index (χ1n) is 10.1. The number of rotatable bonds is 7. The van der Waals surface area contributed by atoms with E-state index in [1.165, 1.54) is 5.56 Å². The Labute approximate surface area is 173 Å². The first kappa shape index (κ1) is 21.3. The van der Waals surface area contributed by atoms with E-state index in [4.69, 9.17) is 0 Å². The van der Waals surface area contributed by atoms with E-state index in [-0.39, 0.29) is 11.7 Å². The molecule has 29 heavy (non-hydrogen) atoms. The average molecular weight is 416 g/mol. The minimum absolute atomic E-state index is 0.0527. The Balaban J connectivity index is 1.62. The van der Waals surface area contributed by atoms with Gasteiger partial charge in [-0.3, -0.25) is 14.4 Å². The number of carbonyl (C=O) groups excluding carboxylic acids is 1. The molecule has 0 aromatic heterocycles. The van der Waals surface area contributed by atoms with Crippen LogP contribution in [0.4, 0.5) is 5.69 Å².